The third-order valence-corrected chi connectivity index (χ3v) is 4.07. The van der Waals surface area contributed by atoms with Gasteiger partial charge in [0.2, 0.25) is 0 Å². The SMILES string of the molecule is CC(C)(C)Nc1nc2ccc(Cl)cc2c(Cl)c1-c1ccccc1. The van der Waals surface area contributed by atoms with Crippen LogP contribution < -0.4 is 5.32 Å². The van der Waals surface area contributed by atoms with Crippen LogP contribution in [0.25, 0.3) is 22.0 Å². The van der Waals surface area contributed by atoms with E-state index in [0.717, 1.165) is 27.8 Å². The van der Waals surface area contributed by atoms with Gasteiger partial charge in [0.25, 0.3) is 0 Å². The summed E-state index contributed by atoms with van der Waals surface area (Å²) in [5.74, 6) is 0.781. The second kappa shape index (κ2) is 6.03. The molecule has 118 valence electrons. The molecule has 4 heteroatoms. The molecular formula is C19H18Cl2N2. The summed E-state index contributed by atoms with van der Waals surface area (Å²) in [4.78, 5) is 4.78. The van der Waals surface area contributed by atoms with Crippen molar-refractivity contribution in [3.05, 3.63) is 58.6 Å². The van der Waals surface area contributed by atoms with E-state index in [1.807, 2.05) is 48.5 Å². The Morgan fingerprint density at radius 2 is 1.65 bits per heavy atom. The highest BCUT2D eigenvalue weighted by molar-refractivity contribution is 6.39. The van der Waals surface area contributed by atoms with Gasteiger partial charge < -0.3 is 5.32 Å². The van der Waals surface area contributed by atoms with Gasteiger partial charge in [-0.1, -0.05) is 53.5 Å². The second-order valence-electron chi connectivity index (χ2n) is 6.55. The Labute approximate surface area is 146 Å². The highest BCUT2D eigenvalue weighted by atomic mass is 35.5. The maximum absolute atomic E-state index is 6.74. The van der Waals surface area contributed by atoms with Crippen molar-refractivity contribution in [2.45, 2.75) is 26.3 Å². The number of fused-ring (bicyclic) bond motifs is 1. The van der Waals surface area contributed by atoms with Gasteiger partial charge in [0.15, 0.2) is 0 Å². The number of benzene rings is 2. The summed E-state index contributed by atoms with van der Waals surface area (Å²) in [6, 6.07) is 15.6. The Morgan fingerprint density at radius 1 is 0.957 bits per heavy atom. The van der Waals surface area contributed by atoms with Crippen molar-refractivity contribution in [1.82, 2.24) is 4.98 Å². The fourth-order valence-electron chi connectivity index (χ4n) is 2.51. The average Bonchev–Trinajstić information content (AvgIpc) is 2.48. The maximum Gasteiger partial charge on any atom is 0.136 e. The van der Waals surface area contributed by atoms with Crippen molar-refractivity contribution >= 4 is 39.9 Å². The molecule has 1 heterocycles. The molecule has 0 unspecified atom stereocenters. The highest BCUT2D eigenvalue weighted by Gasteiger charge is 2.19. The molecule has 1 aromatic heterocycles. The molecular weight excluding hydrogens is 327 g/mol. The molecule has 0 fully saturated rings. The summed E-state index contributed by atoms with van der Waals surface area (Å²) >= 11 is 12.9. The van der Waals surface area contributed by atoms with Gasteiger partial charge in [0.1, 0.15) is 5.82 Å². The maximum atomic E-state index is 6.74. The molecule has 0 aliphatic heterocycles. The molecule has 0 aliphatic carbocycles. The number of nitrogens with one attached hydrogen (secondary N) is 1. The average molecular weight is 345 g/mol. The van der Waals surface area contributed by atoms with Crippen LogP contribution in [0.15, 0.2) is 48.5 Å². The Bertz CT molecular complexity index is 853. The van der Waals surface area contributed by atoms with Crippen LogP contribution in [0.4, 0.5) is 5.82 Å². The molecule has 2 aromatic carbocycles. The van der Waals surface area contributed by atoms with Crippen molar-refractivity contribution in [3.63, 3.8) is 0 Å². The molecule has 0 radical (unpaired) electrons. The molecule has 3 rings (SSSR count). The lowest BCUT2D eigenvalue weighted by atomic mass is 10.0. The van der Waals surface area contributed by atoms with Gasteiger partial charge in [-0.2, -0.15) is 0 Å². The monoisotopic (exact) mass is 344 g/mol. The number of halogens is 2. The molecule has 0 saturated heterocycles. The summed E-state index contributed by atoms with van der Waals surface area (Å²) in [6.45, 7) is 6.30. The standard InChI is InChI=1S/C19H18Cl2N2/c1-19(2,3)23-18-16(12-7-5-4-6-8-12)17(21)14-11-13(20)9-10-15(14)22-18/h4-11H,1-3H3,(H,22,23). The summed E-state index contributed by atoms with van der Waals surface area (Å²) < 4.78 is 0. The van der Waals surface area contributed by atoms with Crippen molar-refractivity contribution in [2.75, 3.05) is 5.32 Å². The van der Waals surface area contributed by atoms with E-state index in [2.05, 4.69) is 26.1 Å². The van der Waals surface area contributed by atoms with E-state index in [-0.39, 0.29) is 5.54 Å². The van der Waals surface area contributed by atoms with E-state index in [4.69, 9.17) is 28.2 Å². The third kappa shape index (κ3) is 3.44. The van der Waals surface area contributed by atoms with Gasteiger partial charge in [-0.25, -0.2) is 4.98 Å². The number of nitrogens with zero attached hydrogens (tertiary/aromatic N) is 1. The fraction of sp³-hybridized carbons (Fsp3) is 0.211. The Morgan fingerprint density at radius 3 is 2.30 bits per heavy atom. The predicted molar refractivity (Wildman–Crippen MR) is 101 cm³/mol. The van der Waals surface area contributed by atoms with Gasteiger partial charge >= 0.3 is 0 Å². The van der Waals surface area contributed by atoms with Gasteiger partial charge in [-0.15, -0.1) is 0 Å². The van der Waals surface area contributed by atoms with Crippen LogP contribution in [0.1, 0.15) is 20.8 Å². The summed E-state index contributed by atoms with van der Waals surface area (Å²) in [7, 11) is 0. The van der Waals surface area contributed by atoms with Gasteiger partial charge in [0.05, 0.1) is 10.5 Å². The lowest BCUT2D eigenvalue weighted by molar-refractivity contribution is 0.631. The topological polar surface area (TPSA) is 24.9 Å². The van der Waals surface area contributed by atoms with Gasteiger partial charge in [-0.05, 0) is 44.5 Å². The van der Waals surface area contributed by atoms with E-state index < -0.39 is 0 Å². The van der Waals surface area contributed by atoms with Crippen LogP contribution >= 0.6 is 23.2 Å². The summed E-state index contributed by atoms with van der Waals surface area (Å²) in [6.07, 6.45) is 0. The Hall–Kier alpha value is -1.77. The molecule has 0 atom stereocenters. The van der Waals surface area contributed by atoms with Crippen LogP contribution in [0.3, 0.4) is 0 Å². The van der Waals surface area contributed by atoms with Crippen LogP contribution in [-0.4, -0.2) is 10.5 Å². The number of hydrogen-bond donors (Lipinski definition) is 1. The Balaban J connectivity index is 2.33. The van der Waals surface area contributed by atoms with Crippen molar-refractivity contribution in [3.8, 4) is 11.1 Å². The normalized spacial score (nSPS) is 11.7. The second-order valence-corrected chi connectivity index (χ2v) is 7.37. The minimum atomic E-state index is -0.125. The Kier molecular flexibility index (Phi) is 4.22. The number of anilines is 1. The number of hydrogen-bond acceptors (Lipinski definition) is 2. The lowest BCUT2D eigenvalue weighted by Crippen LogP contribution is -2.27. The molecule has 1 N–H and O–H groups in total. The van der Waals surface area contributed by atoms with E-state index in [9.17, 15) is 0 Å². The van der Waals surface area contributed by atoms with Crippen LogP contribution in [0, 0.1) is 0 Å². The van der Waals surface area contributed by atoms with Crippen LogP contribution in [0.5, 0.6) is 0 Å². The smallest absolute Gasteiger partial charge is 0.136 e. The molecule has 0 amide bonds. The summed E-state index contributed by atoms with van der Waals surface area (Å²) in [5.41, 5.74) is 2.63. The van der Waals surface area contributed by atoms with Crippen molar-refractivity contribution < 1.29 is 0 Å². The predicted octanol–water partition coefficient (Wildman–Crippen LogP) is 6.42. The molecule has 0 aliphatic rings. The minimum absolute atomic E-state index is 0.125. The lowest BCUT2D eigenvalue weighted by Gasteiger charge is -2.24. The quantitative estimate of drug-likeness (QED) is 0.580. The molecule has 0 spiro atoms. The first-order chi connectivity index (χ1) is 10.8. The largest absolute Gasteiger partial charge is 0.365 e. The third-order valence-electron chi connectivity index (χ3n) is 3.44. The van der Waals surface area contributed by atoms with E-state index in [1.54, 1.807) is 0 Å². The van der Waals surface area contributed by atoms with Crippen LogP contribution in [-0.2, 0) is 0 Å². The van der Waals surface area contributed by atoms with Crippen molar-refractivity contribution in [2.24, 2.45) is 0 Å². The minimum Gasteiger partial charge on any atom is -0.365 e. The van der Waals surface area contributed by atoms with Crippen molar-refractivity contribution in [1.29, 1.82) is 0 Å². The zero-order valence-corrected chi connectivity index (χ0v) is 14.8. The van der Waals surface area contributed by atoms with E-state index >= 15 is 0 Å². The molecule has 0 saturated carbocycles. The van der Waals surface area contributed by atoms with E-state index in [0.29, 0.717) is 10.0 Å². The fourth-order valence-corrected chi connectivity index (χ4v) is 3.03. The highest BCUT2D eigenvalue weighted by Crippen LogP contribution is 2.40. The first-order valence-corrected chi connectivity index (χ1v) is 8.23. The first kappa shape index (κ1) is 16.1. The molecule has 3 aromatic rings. The van der Waals surface area contributed by atoms with Crippen LogP contribution in [0.2, 0.25) is 10.0 Å². The van der Waals surface area contributed by atoms with Gasteiger partial charge in [-0.3, -0.25) is 0 Å². The number of rotatable bonds is 2. The molecule has 0 bridgehead atoms. The summed E-state index contributed by atoms with van der Waals surface area (Å²) in [5, 5.41) is 5.64. The molecule has 23 heavy (non-hydrogen) atoms. The first-order valence-electron chi connectivity index (χ1n) is 7.47. The number of pyridine rings is 1. The molecule has 2 nitrogen and oxygen atoms in total. The number of aromatic nitrogens is 1. The zero-order valence-electron chi connectivity index (χ0n) is 13.3. The zero-order chi connectivity index (χ0) is 16.6. The van der Waals surface area contributed by atoms with E-state index in [1.165, 1.54) is 0 Å². The van der Waals surface area contributed by atoms with Gasteiger partial charge in [0, 0.05) is 21.5 Å².